The summed E-state index contributed by atoms with van der Waals surface area (Å²) in [6.45, 7) is 6.18. The highest BCUT2D eigenvalue weighted by molar-refractivity contribution is 5.80. The number of carbonyl (C=O) groups excluding carboxylic acids is 1. The van der Waals surface area contributed by atoms with Crippen LogP contribution in [0.2, 0.25) is 0 Å². The van der Waals surface area contributed by atoms with E-state index < -0.39 is 0 Å². The lowest BCUT2D eigenvalue weighted by atomic mass is 9.95. The van der Waals surface area contributed by atoms with Gasteiger partial charge in [0.15, 0.2) is 0 Å². The van der Waals surface area contributed by atoms with Gasteiger partial charge in [0, 0.05) is 26.2 Å². The first-order valence-electron chi connectivity index (χ1n) is 5.64. The topological polar surface area (TPSA) is 23.6 Å². The summed E-state index contributed by atoms with van der Waals surface area (Å²) in [5, 5.41) is 0. The first kappa shape index (κ1) is 9.97. The third-order valence-electron chi connectivity index (χ3n) is 3.51. The number of carbonyl (C=O) groups is 1. The van der Waals surface area contributed by atoms with Gasteiger partial charge in [-0.15, -0.1) is 0 Å². The molecule has 0 aromatic heterocycles. The van der Waals surface area contributed by atoms with Gasteiger partial charge in [0.05, 0.1) is 5.92 Å². The van der Waals surface area contributed by atoms with Gasteiger partial charge in [0.25, 0.3) is 0 Å². The van der Waals surface area contributed by atoms with Crippen LogP contribution in [0.5, 0.6) is 0 Å². The van der Waals surface area contributed by atoms with Crippen LogP contribution < -0.4 is 0 Å². The molecule has 2 rings (SSSR count). The van der Waals surface area contributed by atoms with Crippen molar-refractivity contribution in [1.29, 1.82) is 0 Å². The van der Waals surface area contributed by atoms with Crippen LogP contribution in [0.3, 0.4) is 0 Å². The Kier molecular flexibility index (Phi) is 2.77. The molecule has 80 valence electrons. The standard InChI is InChI=1S/C11H20N2O/c1-9-3-5-13(6-4-9)11(14)10-7-12(2)8-10/h9-10H,3-8H2,1-2H3. The Morgan fingerprint density at radius 3 is 2.29 bits per heavy atom. The van der Waals surface area contributed by atoms with E-state index >= 15 is 0 Å². The molecule has 2 aliphatic rings. The average Bonchev–Trinajstić information content (AvgIpc) is 2.13. The number of likely N-dealkylation sites (tertiary alicyclic amines) is 2. The quantitative estimate of drug-likeness (QED) is 0.619. The van der Waals surface area contributed by atoms with Gasteiger partial charge >= 0.3 is 0 Å². The highest BCUT2D eigenvalue weighted by atomic mass is 16.2. The molecule has 2 aliphatic heterocycles. The molecule has 0 unspecified atom stereocenters. The van der Waals surface area contributed by atoms with Crippen molar-refractivity contribution in [3.05, 3.63) is 0 Å². The van der Waals surface area contributed by atoms with Crippen molar-refractivity contribution in [2.45, 2.75) is 19.8 Å². The lowest BCUT2D eigenvalue weighted by Gasteiger charge is -2.40. The number of hydrogen-bond donors (Lipinski definition) is 0. The van der Waals surface area contributed by atoms with Crippen molar-refractivity contribution in [2.75, 3.05) is 33.2 Å². The van der Waals surface area contributed by atoms with Crippen molar-refractivity contribution >= 4 is 5.91 Å². The second-order valence-electron chi connectivity index (χ2n) is 4.93. The Bertz CT molecular complexity index is 215. The Balaban J connectivity index is 1.81. The Hall–Kier alpha value is -0.570. The van der Waals surface area contributed by atoms with Gasteiger partial charge in [-0.1, -0.05) is 6.92 Å². The zero-order chi connectivity index (χ0) is 10.1. The van der Waals surface area contributed by atoms with Gasteiger partial charge in [0.2, 0.25) is 5.91 Å². The molecule has 2 fully saturated rings. The summed E-state index contributed by atoms with van der Waals surface area (Å²) in [6, 6.07) is 0. The van der Waals surface area contributed by atoms with Crippen molar-refractivity contribution in [3.8, 4) is 0 Å². The molecule has 0 saturated carbocycles. The third kappa shape index (κ3) is 1.92. The largest absolute Gasteiger partial charge is 0.342 e. The minimum absolute atomic E-state index is 0.299. The zero-order valence-corrected chi connectivity index (χ0v) is 9.20. The lowest BCUT2D eigenvalue weighted by Crippen LogP contribution is -2.53. The monoisotopic (exact) mass is 196 g/mol. The van der Waals surface area contributed by atoms with Gasteiger partial charge in [0.1, 0.15) is 0 Å². The molecule has 0 aliphatic carbocycles. The first-order chi connectivity index (χ1) is 6.66. The molecule has 0 aromatic carbocycles. The molecule has 3 nitrogen and oxygen atoms in total. The summed E-state index contributed by atoms with van der Waals surface area (Å²) in [7, 11) is 2.07. The molecule has 3 heteroatoms. The fourth-order valence-electron chi connectivity index (χ4n) is 2.34. The molecular weight excluding hydrogens is 176 g/mol. The minimum atomic E-state index is 0.299. The zero-order valence-electron chi connectivity index (χ0n) is 9.20. The second-order valence-corrected chi connectivity index (χ2v) is 4.93. The fraction of sp³-hybridized carbons (Fsp3) is 0.909. The molecule has 0 spiro atoms. The number of amides is 1. The van der Waals surface area contributed by atoms with Crippen LogP contribution in [0, 0.1) is 11.8 Å². The Morgan fingerprint density at radius 2 is 1.79 bits per heavy atom. The average molecular weight is 196 g/mol. The Labute approximate surface area is 86.1 Å². The normalized spacial score (nSPS) is 26.3. The van der Waals surface area contributed by atoms with Crippen LogP contribution in [0.4, 0.5) is 0 Å². The molecule has 0 atom stereocenters. The van der Waals surface area contributed by atoms with Gasteiger partial charge < -0.3 is 9.80 Å². The van der Waals surface area contributed by atoms with Crippen LogP contribution in [0.1, 0.15) is 19.8 Å². The SMILES string of the molecule is CC1CCN(C(=O)C2CN(C)C2)CC1. The smallest absolute Gasteiger partial charge is 0.228 e. The molecule has 0 N–H and O–H groups in total. The van der Waals surface area contributed by atoms with E-state index in [0.29, 0.717) is 11.8 Å². The number of piperidine rings is 1. The van der Waals surface area contributed by atoms with Crippen molar-refractivity contribution in [1.82, 2.24) is 9.80 Å². The fourth-order valence-corrected chi connectivity index (χ4v) is 2.34. The van der Waals surface area contributed by atoms with E-state index in [0.717, 1.165) is 32.1 Å². The van der Waals surface area contributed by atoms with E-state index in [1.807, 2.05) is 0 Å². The number of rotatable bonds is 1. The van der Waals surface area contributed by atoms with Crippen LogP contribution >= 0.6 is 0 Å². The third-order valence-corrected chi connectivity index (χ3v) is 3.51. The van der Waals surface area contributed by atoms with Crippen LogP contribution in [0.25, 0.3) is 0 Å². The highest BCUT2D eigenvalue weighted by Crippen LogP contribution is 2.21. The summed E-state index contributed by atoms with van der Waals surface area (Å²) >= 11 is 0. The maximum absolute atomic E-state index is 11.9. The van der Waals surface area contributed by atoms with Crippen molar-refractivity contribution in [2.24, 2.45) is 11.8 Å². The molecule has 1 amide bonds. The molecule has 0 bridgehead atoms. The Morgan fingerprint density at radius 1 is 1.21 bits per heavy atom. The lowest BCUT2D eigenvalue weighted by molar-refractivity contribution is -0.141. The molecule has 0 aromatic rings. The van der Waals surface area contributed by atoms with Gasteiger partial charge in [-0.2, -0.15) is 0 Å². The van der Waals surface area contributed by atoms with E-state index in [-0.39, 0.29) is 0 Å². The van der Waals surface area contributed by atoms with Gasteiger partial charge in [-0.25, -0.2) is 0 Å². The molecular formula is C11H20N2O. The number of hydrogen-bond acceptors (Lipinski definition) is 2. The first-order valence-corrected chi connectivity index (χ1v) is 5.64. The van der Waals surface area contributed by atoms with Gasteiger partial charge in [-0.3, -0.25) is 4.79 Å². The van der Waals surface area contributed by atoms with E-state index in [4.69, 9.17) is 0 Å². The molecule has 14 heavy (non-hydrogen) atoms. The van der Waals surface area contributed by atoms with E-state index in [2.05, 4.69) is 23.8 Å². The van der Waals surface area contributed by atoms with E-state index in [1.54, 1.807) is 0 Å². The van der Waals surface area contributed by atoms with Crippen molar-refractivity contribution in [3.63, 3.8) is 0 Å². The summed E-state index contributed by atoms with van der Waals surface area (Å²) < 4.78 is 0. The molecule has 0 radical (unpaired) electrons. The summed E-state index contributed by atoms with van der Waals surface area (Å²) in [5.41, 5.74) is 0. The van der Waals surface area contributed by atoms with E-state index in [1.165, 1.54) is 12.8 Å². The maximum Gasteiger partial charge on any atom is 0.228 e. The van der Waals surface area contributed by atoms with E-state index in [9.17, 15) is 4.79 Å². The van der Waals surface area contributed by atoms with Crippen LogP contribution in [0.15, 0.2) is 0 Å². The predicted octanol–water partition coefficient (Wildman–Crippen LogP) is 0.806. The molecule has 2 heterocycles. The summed E-state index contributed by atoms with van der Waals surface area (Å²) in [5.74, 6) is 1.51. The summed E-state index contributed by atoms with van der Waals surface area (Å²) in [4.78, 5) is 16.2. The summed E-state index contributed by atoms with van der Waals surface area (Å²) in [6.07, 6.45) is 2.38. The van der Waals surface area contributed by atoms with Crippen molar-refractivity contribution < 1.29 is 4.79 Å². The highest BCUT2D eigenvalue weighted by Gasteiger charge is 2.33. The maximum atomic E-state index is 11.9. The van der Waals surface area contributed by atoms with Crippen LogP contribution in [-0.2, 0) is 4.79 Å². The van der Waals surface area contributed by atoms with Crippen LogP contribution in [-0.4, -0.2) is 48.9 Å². The number of nitrogens with zero attached hydrogens (tertiary/aromatic N) is 2. The van der Waals surface area contributed by atoms with Gasteiger partial charge in [-0.05, 0) is 25.8 Å². The second kappa shape index (κ2) is 3.89. The minimum Gasteiger partial charge on any atom is -0.342 e. The predicted molar refractivity (Wildman–Crippen MR) is 56.0 cm³/mol. The molecule has 2 saturated heterocycles.